The predicted octanol–water partition coefficient (Wildman–Crippen LogP) is 3.24. The number of benzene rings is 1. The molecule has 1 N–H and O–H groups in total. The molecule has 1 aliphatic heterocycles. The minimum absolute atomic E-state index is 0.333. The molecule has 3 nitrogen and oxygen atoms in total. The molecule has 1 heterocycles. The standard InChI is InChI=1S/C17H27NO2/c1-14(2)8-9-20-16-6-4-15(5-7-16)10-18-11-17(3)12-19-13-17/h4-7,14,18H,8-13H2,1-3H3. The Morgan fingerprint density at radius 2 is 1.95 bits per heavy atom. The van der Waals surface area contributed by atoms with Gasteiger partial charge < -0.3 is 14.8 Å². The molecule has 0 aliphatic carbocycles. The van der Waals surface area contributed by atoms with Gasteiger partial charge in [-0.15, -0.1) is 0 Å². The quantitative estimate of drug-likeness (QED) is 0.791. The maximum atomic E-state index is 5.72. The number of hydrogen-bond acceptors (Lipinski definition) is 3. The lowest BCUT2D eigenvalue weighted by Crippen LogP contribution is -2.47. The van der Waals surface area contributed by atoms with E-state index in [1.807, 2.05) is 0 Å². The topological polar surface area (TPSA) is 30.5 Å². The van der Waals surface area contributed by atoms with E-state index in [-0.39, 0.29) is 0 Å². The highest BCUT2D eigenvalue weighted by Gasteiger charge is 2.32. The molecule has 1 aromatic rings. The molecule has 1 aromatic carbocycles. The van der Waals surface area contributed by atoms with Crippen LogP contribution in [0.15, 0.2) is 24.3 Å². The molecular formula is C17H27NO2. The number of rotatable bonds is 8. The Morgan fingerprint density at radius 1 is 1.25 bits per heavy atom. The summed E-state index contributed by atoms with van der Waals surface area (Å²) in [4.78, 5) is 0. The van der Waals surface area contributed by atoms with Crippen LogP contribution >= 0.6 is 0 Å². The smallest absolute Gasteiger partial charge is 0.119 e. The van der Waals surface area contributed by atoms with Gasteiger partial charge in [0.1, 0.15) is 5.75 Å². The highest BCUT2D eigenvalue weighted by Crippen LogP contribution is 2.25. The second-order valence-electron chi connectivity index (χ2n) is 6.58. The maximum absolute atomic E-state index is 5.72. The average molecular weight is 277 g/mol. The summed E-state index contributed by atoms with van der Waals surface area (Å²) >= 11 is 0. The van der Waals surface area contributed by atoms with Gasteiger partial charge >= 0.3 is 0 Å². The van der Waals surface area contributed by atoms with Gasteiger partial charge in [-0.05, 0) is 30.0 Å². The molecule has 0 aromatic heterocycles. The summed E-state index contributed by atoms with van der Waals surface area (Å²) in [6.07, 6.45) is 1.10. The van der Waals surface area contributed by atoms with Crippen molar-refractivity contribution in [2.24, 2.45) is 11.3 Å². The molecule has 1 fully saturated rings. The van der Waals surface area contributed by atoms with E-state index in [1.165, 1.54) is 5.56 Å². The molecule has 0 spiro atoms. The van der Waals surface area contributed by atoms with Crippen LogP contribution < -0.4 is 10.1 Å². The minimum atomic E-state index is 0.333. The molecule has 0 amide bonds. The lowest BCUT2D eigenvalue weighted by Gasteiger charge is -2.38. The van der Waals surface area contributed by atoms with Gasteiger partial charge in [0.2, 0.25) is 0 Å². The molecule has 1 saturated heterocycles. The Morgan fingerprint density at radius 3 is 2.50 bits per heavy atom. The summed E-state index contributed by atoms with van der Waals surface area (Å²) in [5.41, 5.74) is 1.63. The summed E-state index contributed by atoms with van der Waals surface area (Å²) in [5.74, 6) is 1.66. The van der Waals surface area contributed by atoms with Gasteiger partial charge in [0.05, 0.1) is 19.8 Å². The van der Waals surface area contributed by atoms with Crippen molar-refractivity contribution in [3.63, 3.8) is 0 Å². The average Bonchev–Trinajstić information content (AvgIpc) is 2.38. The summed E-state index contributed by atoms with van der Waals surface area (Å²) in [6.45, 7) is 11.2. The van der Waals surface area contributed by atoms with Crippen LogP contribution in [0.3, 0.4) is 0 Å². The first-order chi connectivity index (χ1) is 9.57. The van der Waals surface area contributed by atoms with E-state index in [4.69, 9.17) is 9.47 Å². The zero-order valence-electron chi connectivity index (χ0n) is 12.9. The Kier molecular flexibility index (Phi) is 5.44. The maximum Gasteiger partial charge on any atom is 0.119 e. The molecule has 0 unspecified atom stereocenters. The zero-order valence-corrected chi connectivity index (χ0v) is 12.9. The van der Waals surface area contributed by atoms with E-state index in [0.717, 1.165) is 45.1 Å². The van der Waals surface area contributed by atoms with Gasteiger partial charge in [0.25, 0.3) is 0 Å². The number of nitrogens with one attached hydrogen (secondary N) is 1. The molecule has 0 radical (unpaired) electrons. The minimum Gasteiger partial charge on any atom is -0.494 e. The Labute approximate surface area is 122 Å². The van der Waals surface area contributed by atoms with Crippen molar-refractivity contribution in [3.8, 4) is 5.75 Å². The van der Waals surface area contributed by atoms with E-state index in [1.54, 1.807) is 0 Å². The van der Waals surface area contributed by atoms with Crippen molar-refractivity contribution < 1.29 is 9.47 Å². The molecule has 0 atom stereocenters. The highest BCUT2D eigenvalue weighted by molar-refractivity contribution is 5.27. The molecule has 0 saturated carbocycles. The summed E-state index contributed by atoms with van der Waals surface area (Å²) < 4.78 is 11.0. The van der Waals surface area contributed by atoms with E-state index in [9.17, 15) is 0 Å². The first-order valence-electron chi connectivity index (χ1n) is 7.58. The van der Waals surface area contributed by atoms with Crippen LogP contribution in [0, 0.1) is 11.3 Å². The van der Waals surface area contributed by atoms with E-state index >= 15 is 0 Å². The van der Waals surface area contributed by atoms with Crippen molar-refractivity contribution in [2.45, 2.75) is 33.7 Å². The fourth-order valence-electron chi connectivity index (χ4n) is 2.18. The number of ether oxygens (including phenoxy) is 2. The summed E-state index contributed by atoms with van der Waals surface area (Å²) in [5, 5.41) is 3.50. The Bertz CT molecular complexity index is 396. The van der Waals surface area contributed by atoms with Gasteiger partial charge in [-0.25, -0.2) is 0 Å². The normalized spacial score (nSPS) is 17.0. The first-order valence-corrected chi connectivity index (χ1v) is 7.58. The van der Waals surface area contributed by atoms with Crippen LogP contribution in [0.1, 0.15) is 32.8 Å². The van der Waals surface area contributed by atoms with Crippen LogP contribution in [0.4, 0.5) is 0 Å². The van der Waals surface area contributed by atoms with E-state index in [2.05, 4.69) is 50.4 Å². The number of hydrogen-bond donors (Lipinski definition) is 1. The Hall–Kier alpha value is -1.06. The molecular weight excluding hydrogens is 250 g/mol. The van der Waals surface area contributed by atoms with Crippen molar-refractivity contribution in [1.29, 1.82) is 0 Å². The Balaban J connectivity index is 1.68. The fraction of sp³-hybridized carbons (Fsp3) is 0.647. The van der Waals surface area contributed by atoms with Crippen LogP contribution in [0.5, 0.6) is 5.75 Å². The highest BCUT2D eigenvalue weighted by atomic mass is 16.5. The third-order valence-electron chi connectivity index (χ3n) is 3.67. The molecule has 112 valence electrons. The monoisotopic (exact) mass is 277 g/mol. The van der Waals surface area contributed by atoms with Gasteiger partial charge in [-0.2, -0.15) is 0 Å². The third-order valence-corrected chi connectivity index (χ3v) is 3.67. The SMILES string of the molecule is CC(C)CCOc1ccc(CNCC2(C)COC2)cc1. The molecule has 3 heteroatoms. The molecule has 1 aliphatic rings. The van der Waals surface area contributed by atoms with Crippen molar-refractivity contribution in [1.82, 2.24) is 5.32 Å². The lowest BCUT2D eigenvalue weighted by atomic mass is 9.89. The summed E-state index contributed by atoms with van der Waals surface area (Å²) in [6, 6.07) is 8.39. The van der Waals surface area contributed by atoms with Crippen molar-refractivity contribution in [3.05, 3.63) is 29.8 Å². The van der Waals surface area contributed by atoms with E-state index < -0.39 is 0 Å². The van der Waals surface area contributed by atoms with Gasteiger partial charge in [0, 0.05) is 18.5 Å². The van der Waals surface area contributed by atoms with Crippen LogP contribution in [-0.4, -0.2) is 26.4 Å². The van der Waals surface area contributed by atoms with Crippen LogP contribution in [0.25, 0.3) is 0 Å². The van der Waals surface area contributed by atoms with Gasteiger partial charge in [0.15, 0.2) is 0 Å². The third kappa shape index (κ3) is 4.80. The van der Waals surface area contributed by atoms with Crippen molar-refractivity contribution >= 4 is 0 Å². The molecule has 2 rings (SSSR count). The molecule has 20 heavy (non-hydrogen) atoms. The van der Waals surface area contributed by atoms with E-state index in [0.29, 0.717) is 11.3 Å². The van der Waals surface area contributed by atoms with Gasteiger partial charge in [-0.1, -0.05) is 32.9 Å². The summed E-state index contributed by atoms with van der Waals surface area (Å²) in [7, 11) is 0. The largest absolute Gasteiger partial charge is 0.494 e. The second kappa shape index (κ2) is 7.09. The molecule has 0 bridgehead atoms. The van der Waals surface area contributed by atoms with Crippen LogP contribution in [-0.2, 0) is 11.3 Å². The van der Waals surface area contributed by atoms with Gasteiger partial charge in [-0.3, -0.25) is 0 Å². The van der Waals surface area contributed by atoms with Crippen molar-refractivity contribution in [2.75, 3.05) is 26.4 Å². The second-order valence-corrected chi connectivity index (χ2v) is 6.58. The first kappa shape index (κ1) is 15.3. The zero-order chi connectivity index (χ0) is 14.4. The van der Waals surface area contributed by atoms with Crippen LogP contribution in [0.2, 0.25) is 0 Å². The predicted molar refractivity (Wildman–Crippen MR) is 82.0 cm³/mol. The fourth-order valence-corrected chi connectivity index (χ4v) is 2.18. The lowest BCUT2D eigenvalue weighted by molar-refractivity contribution is -0.0991.